The molecule has 2 aromatic rings. The van der Waals surface area contributed by atoms with Gasteiger partial charge in [-0.1, -0.05) is 11.6 Å². The summed E-state index contributed by atoms with van der Waals surface area (Å²) < 4.78 is 6.48. The molecule has 0 unspecified atom stereocenters. The van der Waals surface area contributed by atoms with Crippen LogP contribution in [-0.2, 0) is 14.3 Å². The smallest absolute Gasteiger partial charge is 0.246 e. The van der Waals surface area contributed by atoms with E-state index in [-0.39, 0.29) is 23.2 Å². The van der Waals surface area contributed by atoms with Crippen LogP contribution in [-0.4, -0.2) is 65.3 Å². The van der Waals surface area contributed by atoms with Crippen molar-refractivity contribution in [3.63, 3.8) is 0 Å². The summed E-state index contributed by atoms with van der Waals surface area (Å²) in [6.45, 7) is 6.03. The molecule has 0 bridgehead atoms. The Labute approximate surface area is 164 Å². The van der Waals surface area contributed by atoms with E-state index in [0.717, 1.165) is 5.69 Å². The third-order valence-corrected chi connectivity index (χ3v) is 3.74. The quantitative estimate of drug-likeness (QED) is 0.726. The lowest BCUT2D eigenvalue weighted by molar-refractivity contribution is -0.125. The number of rotatable bonds is 5. The van der Waals surface area contributed by atoms with Gasteiger partial charge in [0.15, 0.2) is 5.15 Å². The summed E-state index contributed by atoms with van der Waals surface area (Å²) in [4.78, 5) is 29.2. The second-order valence-electron chi connectivity index (χ2n) is 6.75. The third-order valence-electron chi connectivity index (χ3n) is 3.47. The van der Waals surface area contributed by atoms with Crippen LogP contribution < -0.4 is 4.90 Å². The Morgan fingerprint density at radius 2 is 2.00 bits per heavy atom. The Morgan fingerprint density at radius 3 is 2.48 bits per heavy atom. The van der Waals surface area contributed by atoms with E-state index in [1.165, 1.54) is 21.5 Å². The van der Waals surface area contributed by atoms with Crippen molar-refractivity contribution in [1.29, 1.82) is 0 Å². The van der Waals surface area contributed by atoms with Crippen LogP contribution in [0.1, 0.15) is 20.8 Å². The zero-order valence-electron chi connectivity index (χ0n) is 16.5. The summed E-state index contributed by atoms with van der Waals surface area (Å²) in [6, 6.07) is 3.60. The number of hydrogen-bond donors (Lipinski definition) is 0. The molecule has 0 saturated carbocycles. The van der Waals surface area contributed by atoms with Gasteiger partial charge < -0.3 is 14.5 Å². The van der Waals surface area contributed by atoms with Crippen molar-refractivity contribution in [2.45, 2.75) is 26.4 Å². The maximum atomic E-state index is 12.0. The second-order valence-corrected chi connectivity index (χ2v) is 7.11. The average molecular weight is 396 g/mol. The number of hydrogen-bond acceptors (Lipinski definition) is 5. The number of nitrogens with zero attached hydrogens (tertiary/aromatic N) is 5. The predicted molar refractivity (Wildman–Crippen MR) is 105 cm³/mol. The molecule has 2 aromatic heterocycles. The van der Waals surface area contributed by atoms with Crippen LogP contribution in [0, 0.1) is 0 Å². The zero-order chi connectivity index (χ0) is 20.6. The molecule has 0 spiro atoms. The molecule has 9 heteroatoms. The lowest BCUT2D eigenvalue weighted by Gasteiger charge is -2.18. The summed E-state index contributed by atoms with van der Waals surface area (Å²) in [5, 5.41) is 4.35. The number of carbonyl (C=O) groups is 2. The van der Waals surface area contributed by atoms with Gasteiger partial charge in [-0.25, -0.2) is 4.68 Å². The van der Waals surface area contributed by atoms with Crippen LogP contribution >= 0.6 is 11.6 Å². The Bertz CT molecular complexity index is 743. The van der Waals surface area contributed by atoms with Gasteiger partial charge in [-0.2, -0.15) is 5.10 Å². The van der Waals surface area contributed by atoms with Crippen LogP contribution in [0.4, 0.5) is 5.69 Å². The Hall–Kier alpha value is -2.45. The van der Waals surface area contributed by atoms with Gasteiger partial charge in [-0.3, -0.25) is 14.6 Å². The molecule has 0 N–H and O–H groups in total. The molecule has 148 valence electrons. The van der Waals surface area contributed by atoms with Crippen LogP contribution in [0.25, 0.3) is 5.69 Å². The highest BCUT2D eigenvalue weighted by Crippen LogP contribution is 2.25. The van der Waals surface area contributed by atoms with E-state index in [9.17, 15) is 9.59 Å². The van der Waals surface area contributed by atoms with Gasteiger partial charge in [0.1, 0.15) is 5.69 Å². The minimum absolute atomic E-state index is 0.0333. The number of anilines is 1. The molecule has 0 aliphatic carbocycles. The van der Waals surface area contributed by atoms with Crippen molar-refractivity contribution in [1.82, 2.24) is 19.7 Å². The van der Waals surface area contributed by atoms with Crippen LogP contribution in [0.15, 0.2) is 30.7 Å². The van der Waals surface area contributed by atoms with Gasteiger partial charge in [-0.05, 0) is 32.9 Å². The van der Waals surface area contributed by atoms with Crippen molar-refractivity contribution in [2.24, 2.45) is 0 Å². The molecule has 2 rings (SSSR count). The topological polar surface area (TPSA) is 80.6 Å². The number of ether oxygens (including phenoxy) is 1. The highest BCUT2D eigenvalue weighted by molar-refractivity contribution is 6.32. The fourth-order valence-corrected chi connectivity index (χ4v) is 1.94. The lowest BCUT2D eigenvalue weighted by atomic mass is 10.2. The summed E-state index contributed by atoms with van der Waals surface area (Å²) in [7, 11) is 4.82. The summed E-state index contributed by atoms with van der Waals surface area (Å²) in [5.74, 6) is -0.266. The molecule has 0 aliphatic rings. The van der Waals surface area contributed by atoms with E-state index in [1.54, 1.807) is 38.8 Å². The number of methoxy groups -OCH3 is 1. The van der Waals surface area contributed by atoms with E-state index >= 15 is 0 Å². The van der Waals surface area contributed by atoms with Gasteiger partial charge in [0.2, 0.25) is 12.3 Å². The molecule has 0 atom stereocenters. The molecule has 0 fully saturated rings. The number of carbonyl (C=O) groups excluding carboxylic acids is 2. The van der Waals surface area contributed by atoms with Crippen molar-refractivity contribution in [3.05, 3.63) is 35.9 Å². The van der Waals surface area contributed by atoms with Gasteiger partial charge in [0.25, 0.3) is 0 Å². The van der Waals surface area contributed by atoms with Crippen molar-refractivity contribution in [2.75, 3.05) is 32.6 Å². The highest BCUT2D eigenvalue weighted by Gasteiger charge is 2.18. The number of halogens is 1. The first kappa shape index (κ1) is 22.6. The number of amides is 2. The average Bonchev–Trinajstić information content (AvgIpc) is 3.03. The maximum absolute atomic E-state index is 12.0. The molecular weight excluding hydrogens is 370 g/mol. The van der Waals surface area contributed by atoms with E-state index in [2.05, 4.69) is 10.1 Å². The van der Waals surface area contributed by atoms with Crippen LogP contribution in [0.5, 0.6) is 0 Å². The molecule has 0 aromatic carbocycles. The molecule has 2 heterocycles. The first-order valence-electron chi connectivity index (χ1n) is 8.22. The fraction of sp³-hybridized carbons (Fsp3) is 0.444. The van der Waals surface area contributed by atoms with Gasteiger partial charge in [0, 0.05) is 27.4 Å². The molecule has 0 aliphatic heterocycles. The number of likely N-dealkylation sites (N-methyl/N-ethyl adjacent to an activating group) is 2. The van der Waals surface area contributed by atoms with E-state index < -0.39 is 0 Å². The van der Waals surface area contributed by atoms with Crippen LogP contribution in [0.2, 0.25) is 5.15 Å². The first-order valence-corrected chi connectivity index (χ1v) is 8.59. The van der Waals surface area contributed by atoms with E-state index in [0.29, 0.717) is 12.1 Å². The van der Waals surface area contributed by atoms with Crippen molar-refractivity contribution < 1.29 is 14.3 Å². The molecular formula is C18H26ClN5O3. The van der Waals surface area contributed by atoms with Gasteiger partial charge in [-0.15, -0.1) is 0 Å². The summed E-state index contributed by atoms with van der Waals surface area (Å²) >= 11 is 6.07. The number of pyridine rings is 1. The van der Waals surface area contributed by atoms with Crippen molar-refractivity contribution >= 4 is 29.6 Å². The molecule has 27 heavy (non-hydrogen) atoms. The molecule has 0 radical (unpaired) electrons. The van der Waals surface area contributed by atoms with E-state index in [1.807, 2.05) is 26.8 Å². The number of aromatic nitrogens is 3. The Balaban J connectivity index is 0.000000527. The first-order chi connectivity index (χ1) is 12.6. The molecule has 2 amide bonds. The minimum Gasteiger partial charge on any atom is -0.379 e. The molecule has 8 nitrogen and oxygen atoms in total. The van der Waals surface area contributed by atoms with Gasteiger partial charge >= 0.3 is 0 Å². The largest absolute Gasteiger partial charge is 0.379 e. The monoisotopic (exact) mass is 395 g/mol. The zero-order valence-corrected chi connectivity index (χ0v) is 17.3. The maximum Gasteiger partial charge on any atom is 0.246 e. The SMILES string of the molecule is CN(C=O)CC(=O)N(C)c1cn(-c2cccnc2)nc1Cl.COC(C)(C)C. The third kappa shape index (κ3) is 7.36. The fourth-order valence-electron chi connectivity index (χ4n) is 1.68. The Kier molecular flexibility index (Phi) is 8.39. The highest BCUT2D eigenvalue weighted by atomic mass is 35.5. The summed E-state index contributed by atoms with van der Waals surface area (Å²) in [6.07, 6.45) is 5.51. The second kappa shape index (κ2) is 10.0. The van der Waals surface area contributed by atoms with Crippen molar-refractivity contribution in [3.8, 4) is 5.69 Å². The Morgan fingerprint density at radius 1 is 1.37 bits per heavy atom. The normalized spacial score (nSPS) is 10.6. The van der Waals surface area contributed by atoms with Crippen LogP contribution in [0.3, 0.4) is 0 Å². The summed E-state index contributed by atoms with van der Waals surface area (Å²) in [5.41, 5.74) is 1.24. The predicted octanol–water partition coefficient (Wildman–Crippen LogP) is 2.40. The standard InChI is InChI=1S/C13H14ClN5O2.C5H12O/c1-17(9-20)8-12(21)18(2)11-7-19(16-13(11)14)10-4-3-5-15-6-10;1-5(2,3)6-4/h3-7,9H,8H2,1-2H3;1-4H3. The van der Waals surface area contributed by atoms with Gasteiger partial charge in [0.05, 0.1) is 30.2 Å². The lowest BCUT2D eigenvalue weighted by Crippen LogP contribution is -2.36. The minimum atomic E-state index is -0.266. The molecule has 0 saturated heterocycles. The van der Waals surface area contributed by atoms with E-state index in [4.69, 9.17) is 16.3 Å².